The third-order valence-electron chi connectivity index (χ3n) is 3.38. The van der Waals surface area contributed by atoms with Crippen LogP contribution >= 0.6 is 11.6 Å². The molecule has 0 radical (unpaired) electrons. The second-order valence-corrected chi connectivity index (χ2v) is 5.04. The molecule has 1 aromatic heterocycles. The molecule has 1 atom stereocenters. The molecule has 1 saturated heterocycles. The van der Waals surface area contributed by atoms with Gasteiger partial charge in [0.1, 0.15) is 12.0 Å². The Hall–Kier alpha value is -1.40. The topological polar surface area (TPSA) is 79.5 Å². The van der Waals surface area contributed by atoms with Crippen LogP contribution in [-0.2, 0) is 0 Å². The minimum atomic E-state index is -0.519. The maximum absolute atomic E-state index is 10.7. The molecule has 6 nitrogen and oxygen atoms in total. The largest absolute Gasteiger partial charge is 0.394 e. The van der Waals surface area contributed by atoms with Gasteiger partial charge in [-0.1, -0.05) is 24.4 Å². The van der Waals surface area contributed by atoms with Crippen molar-refractivity contribution in [3.05, 3.63) is 27.4 Å². The van der Waals surface area contributed by atoms with Gasteiger partial charge in [0.2, 0.25) is 0 Å². The Morgan fingerprint density at radius 3 is 2.95 bits per heavy atom. The summed E-state index contributed by atoms with van der Waals surface area (Å²) in [5.41, 5.74) is -0.121. The standard InChI is InChI=1S/C12H16ClN3O3/c13-11-6-10(16(18)19)7-14-12(11)15-5-3-1-2-4-9(15)8-17/h6-7,9,17H,1-5,8H2. The Balaban J connectivity index is 2.30. The van der Waals surface area contributed by atoms with Gasteiger partial charge in [-0.05, 0) is 12.8 Å². The molecular weight excluding hydrogens is 270 g/mol. The molecule has 1 aromatic rings. The number of rotatable bonds is 3. The smallest absolute Gasteiger partial charge is 0.289 e. The first-order chi connectivity index (χ1) is 9.13. The van der Waals surface area contributed by atoms with Crippen LogP contribution in [0.2, 0.25) is 5.02 Å². The molecule has 0 aliphatic carbocycles. The molecule has 0 spiro atoms. The van der Waals surface area contributed by atoms with Crippen LogP contribution in [0.3, 0.4) is 0 Å². The van der Waals surface area contributed by atoms with E-state index in [4.69, 9.17) is 11.6 Å². The van der Waals surface area contributed by atoms with E-state index in [1.807, 2.05) is 4.90 Å². The monoisotopic (exact) mass is 285 g/mol. The first kappa shape index (κ1) is 14.0. The van der Waals surface area contributed by atoms with E-state index in [0.717, 1.165) is 32.2 Å². The van der Waals surface area contributed by atoms with Crippen molar-refractivity contribution in [1.29, 1.82) is 0 Å². The Morgan fingerprint density at radius 2 is 2.32 bits per heavy atom. The number of halogens is 1. The second kappa shape index (κ2) is 6.16. The van der Waals surface area contributed by atoms with Crippen molar-refractivity contribution in [2.45, 2.75) is 31.7 Å². The van der Waals surface area contributed by atoms with Crippen molar-refractivity contribution in [2.24, 2.45) is 0 Å². The fraction of sp³-hybridized carbons (Fsp3) is 0.583. The first-order valence-corrected chi connectivity index (χ1v) is 6.68. The van der Waals surface area contributed by atoms with Crippen LogP contribution in [0, 0.1) is 10.1 Å². The van der Waals surface area contributed by atoms with E-state index in [1.165, 1.54) is 12.3 Å². The zero-order chi connectivity index (χ0) is 13.8. The van der Waals surface area contributed by atoms with E-state index in [9.17, 15) is 15.2 Å². The van der Waals surface area contributed by atoms with E-state index in [-0.39, 0.29) is 23.4 Å². The van der Waals surface area contributed by atoms with Crippen molar-refractivity contribution in [2.75, 3.05) is 18.1 Å². The quantitative estimate of drug-likeness (QED) is 0.681. The number of nitro groups is 1. The van der Waals surface area contributed by atoms with Gasteiger partial charge in [-0.25, -0.2) is 4.98 Å². The van der Waals surface area contributed by atoms with Crippen LogP contribution in [0.15, 0.2) is 12.3 Å². The number of hydrogen-bond acceptors (Lipinski definition) is 5. The zero-order valence-electron chi connectivity index (χ0n) is 10.5. The van der Waals surface area contributed by atoms with E-state index in [2.05, 4.69) is 4.98 Å². The van der Waals surface area contributed by atoms with Gasteiger partial charge in [0.15, 0.2) is 0 Å². The highest BCUT2D eigenvalue weighted by molar-refractivity contribution is 6.33. The Morgan fingerprint density at radius 1 is 1.53 bits per heavy atom. The van der Waals surface area contributed by atoms with Gasteiger partial charge in [-0.2, -0.15) is 0 Å². The summed E-state index contributed by atoms with van der Waals surface area (Å²) >= 11 is 6.09. The molecule has 0 saturated carbocycles. The van der Waals surface area contributed by atoms with Gasteiger partial charge in [0.05, 0.1) is 22.6 Å². The molecule has 0 amide bonds. The summed E-state index contributed by atoms with van der Waals surface area (Å²) in [7, 11) is 0. The lowest BCUT2D eigenvalue weighted by molar-refractivity contribution is -0.385. The molecule has 19 heavy (non-hydrogen) atoms. The maximum atomic E-state index is 10.7. The molecule has 7 heteroatoms. The van der Waals surface area contributed by atoms with Gasteiger partial charge in [-0.15, -0.1) is 0 Å². The lowest BCUT2D eigenvalue weighted by atomic mass is 10.1. The molecule has 1 fully saturated rings. The zero-order valence-corrected chi connectivity index (χ0v) is 11.2. The summed E-state index contributed by atoms with van der Waals surface area (Å²) in [6, 6.07) is 1.29. The SMILES string of the molecule is O=[N+]([O-])c1cnc(N2CCCCCC2CO)c(Cl)c1. The molecule has 2 rings (SSSR count). The maximum Gasteiger partial charge on any atom is 0.289 e. The van der Waals surface area contributed by atoms with E-state index >= 15 is 0 Å². The minimum Gasteiger partial charge on any atom is -0.394 e. The lowest BCUT2D eigenvalue weighted by Gasteiger charge is -2.30. The summed E-state index contributed by atoms with van der Waals surface area (Å²) in [6.07, 6.45) is 5.27. The summed E-state index contributed by atoms with van der Waals surface area (Å²) < 4.78 is 0. The Labute approximate surface area is 116 Å². The number of aliphatic hydroxyl groups excluding tert-OH is 1. The average molecular weight is 286 g/mol. The molecule has 2 heterocycles. The predicted octanol–water partition coefficient (Wildman–Crippen LogP) is 2.38. The van der Waals surface area contributed by atoms with Crippen LogP contribution in [0.5, 0.6) is 0 Å². The molecular formula is C12H16ClN3O3. The van der Waals surface area contributed by atoms with Gasteiger partial charge < -0.3 is 10.0 Å². The van der Waals surface area contributed by atoms with Gasteiger partial charge in [0.25, 0.3) is 5.69 Å². The second-order valence-electron chi connectivity index (χ2n) is 4.64. The van der Waals surface area contributed by atoms with Crippen LogP contribution in [-0.4, -0.2) is 34.2 Å². The van der Waals surface area contributed by atoms with Gasteiger partial charge in [-0.3, -0.25) is 10.1 Å². The number of nitrogens with zero attached hydrogens (tertiary/aromatic N) is 3. The highest BCUT2D eigenvalue weighted by Gasteiger charge is 2.24. The van der Waals surface area contributed by atoms with Crippen LogP contribution in [0.25, 0.3) is 0 Å². The fourth-order valence-electron chi connectivity index (χ4n) is 2.38. The molecule has 0 aromatic carbocycles. The average Bonchev–Trinajstić information content (AvgIpc) is 2.63. The summed E-state index contributed by atoms with van der Waals surface area (Å²) in [4.78, 5) is 16.2. The molecule has 1 aliphatic rings. The van der Waals surface area contributed by atoms with Gasteiger partial charge in [0, 0.05) is 12.6 Å². The van der Waals surface area contributed by atoms with Gasteiger partial charge >= 0.3 is 0 Å². The normalized spacial score (nSPS) is 20.1. The molecule has 104 valence electrons. The third kappa shape index (κ3) is 3.13. The molecule has 0 bridgehead atoms. The highest BCUT2D eigenvalue weighted by atomic mass is 35.5. The predicted molar refractivity (Wildman–Crippen MR) is 72.6 cm³/mol. The molecule has 1 N–H and O–H groups in total. The lowest BCUT2D eigenvalue weighted by Crippen LogP contribution is -2.38. The fourth-order valence-corrected chi connectivity index (χ4v) is 2.65. The summed E-state index contributed by atoms with van der Waals surface area (Å²) in [5.74, 6) is 0.521. The summed E-state index contributed by atoms with van der Waals surface area (Å²) in [5, 5.41) is 20.4. The number of pyridine rings is 1. The van der Waals surface area contributed by atoms with Crippen LogP contribution in [0.1, 0.15) is 25.7 Å². The van der Waals surface area contributed by atoms with Crippen LogP contribution < -0.4 is 4.90 Å². The Kier molecular flexibility index (Phi) is 4.55. The number of hydrogen-bond donors (Lipinski definition) is 1. The van der Waals surface area contributed by atoms with E-state index < -0.39 is 4.92 Å². The number of aromatic nitrogens is 1. The van der Waals surface area contributed by atoms with Crippen molar-refractivity contribution in [1.82, 2.24) is 4.98 Å². The number of aliphatic hydroxyl groups is 1. The van der Waals surface area contributed by atoms with E-state index in [1.54, 1.807) is 0 Å². The molecule has 1 aliphatic heterocycles. The van der Waals surface area contributed by atoms with Crippen LogP contribution in [0.4, 0.5) is 11.5 Å². The minimum absolute atomic E-state index is 0.0195. The third-order valence-corrected chi connectivity index (χ3v) is 3.66. The van der Waals surface area contributed by atoms with Crippen molar-refractivity contribution >= 4 is 23.1 Å². The van der Waals surface area contributed by atoms with Crippen molar-refractivity contribution < 1.29 is 10.0 Å². The number of anilines is 1. The summed E-state index contributed by atoms with van der Waals surface area (Å²) in [6.45, 7) is 0.796. The molecule has 1 unspecified atom stereocenters. The highest BCUT2D eigenvalue weighted by Crippen LogP contribution is 2.30. The van der Waals surface area contributed by atoms with Crippen molar-refractivity contribution in [3.8, 4) is 0 Å². The first-order valence-electron chi connectivity index (χ1n) is 6.31. The Bertz CT molecular complexity index is 470. The van der Waals surface area contributed by atoms with Crippen molar-refractivity contribution in [3.63, 3.8) is 0 Å². The van der Waals surface area contributed by atoms with E-state index in [0.29, 0.717) is 5.82 Å².